The van der Waals surface area contributed by atoms with Gasteiger partial charge in [0.05, 0.1) is 43.4 Å². The Morgan fingerprint density at radius 1 is 0.914 bits per heavy atom. The van der Waals surface area contributed by atoms with E-state index >= 15 is 0 Å². The van der Waals surface area contributed by atoms with Gasteiger partial charge in [0.25, 0.3) is 5.91 Å². The first-order valence-corrected chi connectivity index (χ1v) is 12.9. The molecule has 0 aromatic heterocycles. The molecule has 4 rings (SSSR count). The van der Waals surface area contributed by atoms with E-state index in [1.54, 1.807) is 49.6 Å². The molecule has 10 heteroatoms. The monoisotopic (exact) mass is 501 g/mol. The Balaban J connectivity index is 1.52. The fourth-order valence-electron chi connectivity index (χ4n) is 4.54. The van der Waals surface area contributed by atoms with Gasteiger partial charge in [-0.1, -0.05) is 0 Å². The highest BCUT2D eigenvalue weighted by atomic mass is 32.2. The molecule has 0 N–H and O–H groups in total. The van der Waals surface area contributed by atoms with Gasteiger partial charge in [0.1, 0.15) is 5.75 Å². The minimum Gasteiger partial charge on any atom is -0.497 e. The van der Waals surface area contributed by atoms with E-state index in [0.717, 1.165) is 5.56 Å². The number of nitrogens with zero attached hydrogens (tertiary/aromatic N) is 3. The van der Waals surface area contributed by atoms with Crippen molar-refractivity contribution >= 4 is 21.6 Å². The molecule has 188 valence electrons. The average molecular weight is 502 g/mol. The molecule has 1 amide bonds. The summed E-state index contributed by atoms with van der Waals surface area (Å²) in [5.41, 5.74) is 0.603. The topological polar surface area (TPSA) is 97.7 Å². The summed E-state index contributed by atoms with van der Waals surface area (Å²) in [6.45, 7) is 4.33. The van der Waals surface area contributed by atoms with Gasteiger partial charge in [-0.05, 0) is 69.2 Å². The van der Waals surface area contributed by atoms with E-state index in [0.29, 0.717) is 48.9 Å². The van der Waals surface area contributed by atoms with E-state index in [1.165, 1.54) is 11.4 Å². The van der Waals surface area contributed by atoms with Crippen molar-refractivity contribution < 1.29 is 27.4 Å². The van der Waals surface area contributed by atoms with E-state index < -0.39 is 15.4 Å². The van der Waals surface area contributed by atoms with Crippen molar-refractivity contribution in [2.24, 2.45) is 10.5 Å². The molecular weight excluding hydrogens is 470 g/mol. The molecular formula is C25H31N3O6S. The van der Waals surface area contributed by atoms with Gasteiger partial charge >= 0.3 is 0 Å². The van der Waals surface area contributed by atoms with Gasteiger partial charge in [-0.15, -0.1) is 0 Å². The molecule has 2 aliphatic rings. The maximum atomic E-state index is 13.4. The second kappa shape index (κ2) is 9.50. The zero-order valence-electron chi connectivity index (χ0n) is 20.6. The molecule has 9 nitrogen and oxygen atoms in total. The van der Waals surface area contributed by atoms with E-state index in [1.807, 2.05) is 26.0 Å². The van der Waals surface area contributed by atoms with Gasteiger partial charge < -0.3 is 14.2 Å². The molecule has 0 aliphatic carbocycles. The van der Waals surface area contributed by atoms with Gasteiger partial charge in [0, 0.05) is 18.7 Å². The molecule has 0 bridgehead atoms. The van der Waals surface area contributed by atoms with Crippen LogP contribution in [-0.4, -0.2) is 69.8 Å². The maximum Gasteiger partial charge on any atom is 0.254 e. The van der Waals surface area contributed by atoms with Gasteiger partial charge in [-0.3, -0.25) is 4.79 Å². The Morgan fingerprint density at radius 2 is 1.54 bits per heavy atom. The number of piperidine rings is 1. The normalized spacial score (nSPS) is 18.9. The number of hydrazone groups is 1. The maximum absolute atomic E-state index is 13.4. The van der Waals surface area contributed by atoms with Crippen LogP contribution in [0.4, 0.5) is 0 Å². The van der Waals surface area contributed by atoms with Crippen LogP contribution in [0.5, 0.6) is 17.2 Å². The van der Waals surface area contributed by atoms with Crippen LogP contribution in [0.15, 0.2) is 52.5 Å². The zero-order chi connectivity index (χ0) is 25.4. The van der Waals surface area contributed by atoms with Gasteiger partial charge in [0.2, 0.25) is 10.0 Å². The molecule has 2 aliphatic heterocycles. The quantitative estimate of drug-likeness (QED) is 0.578. The van der Waals surface area contributed by atoms with Crippen LogP contribution >= 0.6 is 0 Å². The summed E-state index contributed by atoms with van der Waals surface area (Å²) >= 11 is 0. The van der Waals surface area contributed by atoms with E-state index in [4.69, 9.17) is 19.3 Å². The largest absolute Gasteiger partial charge is 0.497 e. The fraction of sp³-hybridized carbons (Fsp3) is 0.440. The first-order chi connectivity index (χ1) is 16.6. The number of hydrogen-bond donors (Lipinski definition) is 0. The van der Waals surface area contributed by atoms with Crippen LogP contribution in [0.1, 0.15) is 32.3 Å². The van der Waals surface area contributed by atoms with Crippen molar-refractivity contribution in [3.8, 4) is 17.2 Å². The molecule has 2 heterocycles. The predicted octanol–water partition coefficient (Wildman–Crippen LogP) is 3.14. The molecule has 2 aromatic rings. The van der Waals surface area contributed by atoms with Crippen LogP contribution in [-0.2, 0) is 14.8 Å². The number of sulfonamides is 1. The summed E-state index contributed by atoms with van der Waals surface area (Å²) in [4.78, 5) is 13.6. The molecule has 35 heavy (non-hydrogen) atoms. The standard InChI is InChI=1S/C25H31N3O6S/c1-25(2)23(17-6-11-21(33-4)22(16-17)34-5)26-28(24(25)29)18-12-14-27(15-13-18)35(30,31)20-9-7-19(32-3)8-10-20/h6-11,16,18H,12-15H2,1-5H3. The third kappa shape index (κ3) is 4.48. The molecule has 0 atom stereocenters. The minimum absolute atomic E-state index is 0.0984. The highest BCUT2D eigenvalue weighted by Gasteiger charge is 2.47. The van der Waals surface area contributed by atoms with Crippen LogP contribution in [0, 0.1) is 5.41 Å². The Bertz CT molecular complexity index is 1230. The molecule has 2 aromatic carbocycles. The van der Waals surface area contributed by atoms with E-state index in [9.17, 15) is 13.2 Å². The van der Waals surface area contributed by atoms with Crippen molar-refractivity contribution in [3.63, 3.8) is 0 Å². The number of amides is 1. The average Bonchev–Trinajstić information content (AvgIpc) is 3.12. The molecule has 1 fully saturated rings. The third-order valence-electron chi connectivity index (χ3n) is 6.67. The first kappa shape index (κ1) is 25.0. The van der Waals surface area contributed by atoms with Gasteiger partial charge in [-0.2, -0.15) is 9.41 Å². The lowest BCUT2D eigenvalue weighted by atomic mass is 9.83. The second-order valence-electron chi connectivity index (χ2n) is 9.10. The van der Waals surface area contributed by atoms with Gasteiger partial charge in [0.15, 0.2) is 11.5 Å². The first-order valence-electron chi connectivity index (χ1n) is 11.4. The Hall–Kier alpha value is -3.11. The minimum atomic E-state index is -3.63. The van der Waals surface area contributed by atoms with Gasteiger partial charge in [-0.25, -0.2) is 13.4 Å². The number of methoxy groups -OCH3 is 3. The third-order valence-corrected chi connectivity index (χ3v) is 8.58. The number of carbonyl (C=O) groups is 1. The zero-order valence-corrected chi connectivity index (χ0v) is 21.5. The number of carbonyl (C=O) groups excluding carboxylic acids is 1. The van der Waals surface area contributed by atoms with Crippen molar-refractivity contribution in [3.05, 3.63) is 48.0 Å². The van der Waals surface area contributed by atoms with E-state index in [-0.39, 0.29) is 16.8 Å². The SMILES string of the molecule is COc1ccc(S(=O)(=O)N2CCC(N3N=C(c4ccc(OC)c(OC)c4)C(C)(C)C3=O)CC2)cc1. The highest BCUT2D eigenvalue weighted by Crippen LogP contribution is 2.38. The summed E-state index contributed by atoms with van der Waals surface area (Å²) < 4.78 is 43.5. The summed E-state index contributed by atoms with van der Waals surface area (Å²) in [6.07, 6.45) is 1.000. The van der Waals surface area contributed by atoms with E-state index in [2.05, 4.69) is 0 Å². The molecule has 0 unspecified atom stereocenters. The van der Waals surface area contributed by atoms with Crippen LogP contribution in [0.25, 0.3) is 0 Å². The number of benzene rings is 2. The molecule has 1 saturated heterocycles. The summed E-state index contributed by atoms with van der Waals surface area (Å²) in [5.74, 6) is 1.66. The number of hydrogen-bond acceptors (Lipinski definition) is 7. The van der Waals surface area contributed by atoms with Crippen molar-refractivity contribution in [1.82, 2.24) is 9.31 Å². The Morgan fingerprint density at radius 3 is 2.11 bits per heavy atom. The highest BCUT2D eigenvalue weighted by molar-refractivity contribution is 7.89. The summed E-state index contributed by atoms with van der Waals surface area (Å²) in [7, 11) is 1.04. The van der Waals surface area contributed by atoms with Crippen LogP contribution in [0.2, 0.25) is 0 Å². The Labute approximate surface area is 206 Å². The lowest BCUT2D eigenvalue weighted by Crippen LogP contribution is -2.47. The summed E-state index contributed by atoms with van der Waals surface area (Å²) in [5, 5.41) is 6.28. The molecule has 0 spiro atoms. The van der Waals surface area contributed by atoms with Crippen molar-refractivity contribution in [1.29, 1.82) is 0 Å². The predicted molar refractivity (Wildman–Crippen MR) is 131 cm³/mol. The number of rotatable bonds is 7. The Kier molecular flexibility index (Phi) is 6.79. The summed E-state index contributed by atoms with van der Waals surface area (Å²) in [6, 6.07) is 11.7. The smallest absolute Gasteiger partial charge is 0.254 e. The lowest BCUT2D eigenvalue weighted by Gasteiger charge is -2.35. The number of ether oxygens (including phenoxy) is 3. The van der Waals surface area contributed by atoms with Crippen LogP contribution in [0.3, 0.4) is 0 Å². The molecule has 0 radical (unpaired) electrons. The lowest BCUT2D eigenvalue weighted by molar-refractivity contribution is -0.137. The molecule has 0 saturated carbocycles. The fourth-order valence-corrected chi connectivity index (χ4v) is 6.01. The van der Waals surface area contributed by atoms with Crippen LogP contribution < -0.4 is 14.2 Å². The van der Waals surface area contributed by atoms with Crippen molar-refractivity contribution in [2.45, 2.75) is 37.6 Å². The second-order valence-corrected chi connectivity index (χ2v) is 11.0. The van der Waals surface area contributed by atoms with Crippen molar-refractivity contribution in [2.75, 3.05) is 34.4 Å².